The van der Waals surface area contributed by atoms with Gasteiger partial charge in [0.1, 0.15) is 0 Å². The SMILES string of the molecule is COC(=O)c1cc(Cl)c2cc(C(=O)OC)ccc2c1. The molecule has 2 aromatic rings. The molecule has 0 heterocycles. The molecule has 98 valence electrons. The zero-order chi connectivity index (χ0) is 14.0. The number of carbonyl (C=O) groups is 2. The third-order valence-corrected chi connectivity index (χ3v) is 3.06. The van der Waals surface area contributed by atoms with Gasteiger partial charge in [-0.25, -0.2) is 9.59 Å². The number of hydrogen-bond donors (Lipinski definition) is 0. The van der Waals surface area contributed by atoms with Gasteiger partial charge in [-0.15, -0.1) is 0 Å². The molecule has 0 saturated heterocycles. The van der Waals surface area contributed by atoms with Crippen molar-refractivity contribution in [2.24, 2.45) is 0 Å². The molecule has 0 aliphatic heterocycles. The van der Waals surface area contributed by atoms with Crippen molar-refractivity contribution in [3.05, 3.63) is 46.5 Å². The van der Waals surface area contributed by atoms with Crippen molar-refractivity contribution in [1.82, 2.24) is 0 Å². The van der Waals surface area contributed by atoms with Crippen molar-refractivity contribution in [1.29, 1.82) is 0 Å². The van der Waals surface area contributed by atoms with Gasteiger partial charge in [0.2, 0.25) is 0 Å². The number of hydrogen-bond acceptors (Lipinski definition) is 4. The third-order valence-electron chi connectivity index (χ3n) is 2.75. The van der Waals surface area contributed by atoms with Gasteiger partial charge in [0.25, 0.3) is 0 Å². The monoisotopic (exact) mass is 278 g/mol. The molecule has 19 heavy (non-hydrogen) atoms. The summed E-state index contributed by atoms with van der Waals surface area (Å²) in [6, 6.07) is 8.13. The third kappa shape index (κ3) is 2.53. The zero-order valence-corrected chi connectivity index (χ0v) is 11.2. The van der Waals surface area contributed by atoms with E-state index < -0.39 is 11.9 Å². The minimum absolute atomic E-state index is 0.366. The van der Waals surface area contributed by atoms with Crippen LogP contribution in [0, 0.1) is 0 Å². The van der Waals surface area contributed by atoms with Crippen LogP contribution in [0.5, 0.6) is 0 Å². The predicted octanol–water partition coefficient (Wildman–Crippen LogP) is 3.07. The lowest BCUT2D eigenvalue weighted by Gasteiger charge is -2.06. The number of methoxy groups -OCH3 is 2. The highest BCUT2D eigenvalue weighted by atomic mass is 35.5. The standard InChI is InChI=1S/C14H11ClO4/c1-18-13(16)9-4-3-8-5-10(14(17)19-2)7-12(15)11(8)6-9/h3-7H,1-2H3. The van der Waals surface area contributed by atoms with Crippen LogP contribution in [0.2, 0.25) is 5.02 Å². The lowest BCUT2D eigenvalue weighted by Crippen LogP contribution is -2.02. The number of rotatable bonds is 2. The van der Waals surface area contributed by atoms with Gasteiger partial charge in [-0.2, -0.15) is 0 Å². The summed E-state index contributed by atoms with van der Waals surface area (Å²) in [7, 11) is 2.62. The Balaban J connectivity index is 2.60. The van der Waals surface area contributed by atoms with Crippen molar-refractivity contribution < 1.29 is 19.1 Å². The molecule has 0 saturated carbocycles. The van der Waals surface area contributed by atoms with Crippen molar-refractivity contribution in [3.63, 3.8) is 0 Å². The number of esters is 2. The Morgan fingerprint density at radius 3 is 2.21 bits per heavy atom. The maximum Gasteiger partial charge on any atom is 0.337 e. The largest absolute Gasteiger partial charge is 0.465 e. The highest BCUT2D eigenvalue weighted by Gasteiger charge is 2.12. The zero-order valence-electron chi connectivity index (χ0n) is 10.4. The van der Waals surface area contributed by atoms with Gasteiger partial charge in [-0.3, -0.25) is 0 Å². The van der Waals surface area contributed by atoms with E-state index in [-0.39, 0.29) is 0 Å². The van der Waals surface area contributed by atoms with E-state index in [4.69, 9.17) is 11.6 Å². The van der Waals surface area contributed by atoms with Crippen molar-refractivity contribution in [2.45, 2.75) is 0 Å². The lowest BCUT2D eigenvalue weighted by atomic mass is 10.0. The summed E-state index contributed by atoms with van der Waals surface area (Å²) in [5.74, 6) is -0.893. The average Bonchev–Trinajstić information content (AvgIpc) is 2.45. The highest BCUT2D eigenvalue weighted by molar-refractivity contribution is 6.36. The fraction of sp³-hybridized carbons (Fsp3) is 0.143. The second-order valence-corrected chi connectivity index (χ2v) is 4.28. The summed E-state index contributed by atoms with van der Waals surface area (Å²) in [6.45, 7) is 0. The number of fused-ring (bicyclic) bond motifs is 1. The smallest absolute Gasteiger partial charge is 0.337 e. The first kappa shape index (κ1) is 13.4. The summed E-state index contributed by atoms with van der Waals surface area (Å²) in [6.07, 6.45) is 0. The van der Waals surface area contributed by atoms with Crippen molar-refractivity contribution in [3.8, 4) is 0 Å². The Labute approximate surface area is 114 Å². The average molecular weight is 279 g/mol. The molecular weight excluding hydrogens is 268 g/mol. The first-order valence-corrected chi connectivity index (χ1v) is 5.84. The molecule has 0 amide bonds. The van der Waals surface area contributed by atoms with E-state index in [1.165, 1.54) is 20.3 Å². The van der Waals surface area contributed by atoms with Gasteiger partial charge in [-0.05, 0) is 29.7 Å². The van der Waals surface area contributed by atoms with E-state index in [9.17, 15) is 9.59 Å². The molecule has 0 aromatic heterocycles. The van der Waals surface area contributed by atoms with Crippen molar-refractivity contribution in [2.75, 3.05) is 14.2 Å². The second-order valence-electron chi connectivity index (χ2n) is 3.88. The fourth-order valence-corrected chi connectivity index (χ4v) is 2.07. The fourth-order valence-electron chi connectivity index (χ4n) is 1.79. The molecule has 0 N–H and O–H groups in total. The molecule has 0 unspecified atom stereocenters. The van der Waals surface area contributed by atoms with Crippen LogP contribution < -0.4 is 0 Å². The maximum absolute atomic E-state index is 11.5. The number of benzene rings is 2. The molecule has 0 spiro atoms. The molecule has 2 rings (SSSR count). The molecule has 0 atom stereocenters. The summed E-state index contributed by atoms with van der Waals surface area (Å²) in [5, 5.41) is 1.81. The molecule has 5 heteroatoms. The first-order valence-electron chi connectivity index (χ1n) is 5.46. The minimum Gasteiger partial charge on any atom is -0.465 e. The van der Waals surface area contributed by atoms with Gasteiger partial charge < -0.3 is 9.47 Å². The van der Waals surface area contributed by atoms with Crippen LogP contribution in [-0.4, -0.2) is 26.2 Å². The van der Waals surface area contributed by atoms with E-state index in [2.05, 4.69) is 9.47 Å². The van der Waals surface area contributed by atoms with Crippen LogP contribution >= 0.6 is 11.6 Å². The van der Waals surface area contributed by atoms with Gasteiger partial charge in [0.15, 0.2) is 0 Å². The van der Waals surface area contributed by atoms with E-state index in [1.807, 2.05) is 0 Å². The Bertz CT molecular complexity index is 664. The summed E-state index contributed by atoms with van der Waals surface area (Å²) in [5.41, 5.74) is 0.772. The molecule has 0 fully saturated rings. The Morgan fingerprint density at radius 1 is 0.947 bits per heavy atom. The van der Waals surface area contributed by atoms with E-state index in [1.54, 1.807) is 24.3 Å². The van der Waals surface area contributed by atoms with Crippen LogP contribution in [0.15, 0.2) is 30.3 Å². The normalized spacial score (nSPS) is 10.3. The molecule has 2 aromatic carbocycles. The van der Waals surface area contributed by atoms with Crippen molar-refractivity contribution >= 4 is 34.3 Å². The topological polar surface area (TPSA) is 52.6 Å². The van der Waals surface area contributed by atoms with Crippen LogP contribution in [0.1, 0.15) is 20.7 Å². The van der Waals surface area contributed by atoms with Crippen LogP contribution in [-0.2, 0) is 9.47 Å². The summed E-state index contributed by atoms with van der Waals surface area (Å²) in [4.78, 5) is 22.9. The number of ether oxygens (including phenoxy) is 2. The molecule has 0 bridgehead atoms. The molecular formula is C14H11ClO4. The van der Waals surface area contributed by atoms with Crippen LogP contribution in [0.25, 0.3) is 10.8 Å². The van der Waals surface area contributed by atoms with Crippen LogP contribution in [0.4, 0.5) is 0 Å². The Hall–Kier alpha value is -2.07. The van der Waals surface area contributed by atoms with Gasteiger partial charge in [0, 0.05) is 10.4 Å². The minimum atomic E-state index is -0.458. The van der Waals surface area contributed by atoms with Gasteiger partial charge in [-0.1, -0.05) is 17.7 Å². The van der Waals surface area contributed by atoms with Crippen LogP contribution in [0.3, 0.4) is 0 Å². The summed E-state index contributed by atoms with van der Waals surface area (Å²) >= 11 is 6.12. The molecule has 4 nitrogen and oxygen atoms in total. The maximum atomic E-state index is 11.5. The highest BCUT2D eigenvalue weighted by Crippen LogP contribution is 2.27. The second kappa shape index (κ2) is 5.28. The molecule has 0 aliphatic rings. The van der Waals surface area contributed by atoms with Gasteiger partial charge in [0.05, 0.1) is 25.3 Å². The van der Waals surface area contributed by atoms with E-state index in [0.29, 0.717) is 21.5 Å². The molecule has 0 radical (unpaired) electrons. The number of carbonyl (C=O) groups excluding carboxylic acids is 2. The quantitative estimate of drug-likeness (QED) is 0.792. The first-order chi connectivity index (χ1) is 9.06. The summed E-state index contributed by atoms with van der Waals surface area (Å²) < 4.78 is 9.30. The predicted molar refractivity (Wildman–Crippen MR) is 71.6 cm³/mol. The van der Waals surface area contributed by atoms with Gasteiger partial charge >= 0.3 is 11.9 Å². The Kier molecular flexibility index (Phi) is 3.71. The van der Waals surface area contributed by atoms with E-state index in [0.717, 1.165) is 5.39 Å². The Morgan fingerprint density at radius 2 is 1.58 bits per heavy atom. The number of halogens is 1. The van der Waals surface area contributed by atoms with E-state index >= 15 is 0 Å². The lowest BCUT2D eigenvalue weighted by molar-refractivity contribution is 0.0591. The molecule has 0 aliphatic carbocycles.